The summed E-state index contributed by atoms with van der Waals surface area (Å²) in [6.45, 7) is -0.350. The third-order valence-corrected chi connectivity index (χ3v) is 4.38. The van der Waals surface area contributed by atoms with Crippen LogP contribution in [0.15, 0.2) is 11.4 Å². The number of amides is 3. The number of carbonyl (C=O) groups is 2. The molecule has 0 radical (unpaired) electrons. The highest BCUT2D eigenvalue weighted by Crippen LogP contribution is 2.44. The number of aromatic nitrogens is 2. The minimum Gasteiger partial charge on any atom is -0.409 e. The van der Waals surface area contributed by atoms with Crippen molar-refractivity contribution in [2.75, 3.05) is 13.6 Å². The van der Waals surface area contributed by atoms with Crippen LogP contribution in [0.4, 0.5) is 4.79 Å². The molecular formula is C11H15N7O7S. The Bertz CT molecular complexity index is 895. The van der Waals surface area contributed by atoms with E-state index >= 15 is 0 Å². The van der Waals surface area contributed by atoms with Crippen LogP contribution in [0.3, 0.4) is 0 Å². The van der Waals surface area contributed by atoms with Crippen LogP contribution < -0.4 is 11.1 Å². The predicted molar refractivity (Wildman–Crippen MR) is 81.8 cm³/mol. The van der Waals surface area contributed by atoms with Crippen molar-refractivity contribution in [3.8, 4) is 0 Å². The summed E-state index contributed by atoms with van der Waals surface area (Å²) < 4.78 is 36.7. The van der Waals surface area contributed by atoms with Crippen LogP contribution >= 0.6 is 0 Å². The zero-order chi connectivity index (χ0) is 19.2. The van der Waals surface area contributed by atoms with E-state index in [2.05, 4.69) is 19.9 Å². The van der Waals surface area contributed by atoms with Gasteiger partial charge in [-0.05, 0) is 0 Å². The first-order valence-corrected chi connectivity index (χ1v) is 8.55. The molecule has 2 atom stereocenters. The first kappa shape index (κ1) is 17.9. The van der Waals surface area contributed by atoms with Gasteiger partial charge in [-0.3, -0.25) is 14.0 Å². The van der Waals surface area contributed by atoms with E-state index in [9.17, 15) is 23.2 Å². The molecule has 3 heterocycles. The molecule has 0 saturated carbocycles. The molecule has 1 fully saturated rings. The van der Waals surface area contributed by atoms with Crippen molar-refractivity contribution in [2.45, 2.75) is 18.6 Å². The Kier molecular flexibility index (Phi) is 4.21. The monoisotopic (exact) mass is 389 g/mol. The molecule has 1 saturated heterocycles. The second-order valence-corrected chi connectivity index (χ2v) is 6.53. The van der Waals surface area contributed by atoms with Gasteiger partial charge in [-0.2, -0.15) is 18.6 Å². The maximum absolute atomic E-state index is 12.6. The summed E-state index contributed by atoms with van der Waals surface area (Å²) in [7, 11) is -3.51. The van der Waals surface area contributed by atoms with Crippen LogP contribution in [0.1, 0.15) is 23.3 Å². The van der Waals surface area contributed by atoms with Crippen molar-refractivity contribution in [3.05, 3.63) is 17.5 Å². The fourth-order valence-corrected chi connectivity index (χ4v) is 3.50. The van der Waals surface area contributed by atoms with Crippen molar-refractivity contribution < 1.29 is 32.1 Å². The number of hydrogen-bond donors (Lipinski definition) is 4. The van der Waals surface area contributed by atoms with Crippen molar-refractivity contribution in [3.63, 3.8) is 0 Å². The van der Waals surface area contributed by atoms with E-state index in [0.29, 0.717) is 10.6 Å². The molecule has 1 aromatic heterocycles. The highest BCUT2D eigenvalue weighted by atomic mass is 32.3. The SMILES string of the molecule is CN/C(=N\O)[C@@H]1c2c(cnn2CC(N)=O)[C@@H]2CN1C(=O)N2OS(=O)(=O)O. The molecule has 1 aromatic rings. The standard InChI is InChI=1S/C11H15N7O7S/c1-13-10(15-21)9-8-5(2-14-17(8)4-7(12)19)6-3-16(9)11(20)18(6)25-26(22,23)24/h2,6,9,21H,3-4H2,1H3,(H2,12,19)(H,13,15)(H,22,23,24)/t6-,9-/m0/s1. The normalized spacial score (nSPS) is 22.5. The predicted octanol–water partition coefficient (Wildman–Crippen LogP) is -2.06. The Hall–Kier alpha value is -2.91. The molecule has 0 aromatic carbocycles. The highest BCUT2D eigenvalue weighted by Gasteiger charge is 2.53. The van der Waals surface area contributed by atoms with E-state index in [1.807, 2.05) is 0 Å². The van der Waals surface area contributed by atoms with E-state index in [0.717, 1.165) is 4.90 Å². The van der Waals surface area contributed by atoms with Crippen LogP contribution in [0.5, 0.6) is 0 Å². The van der Waals surface area contributed by atoms with E-state index < -0.39 is 34.4 Å². The molecule has 0 aliphatic carbocycles. The quantitative estimate of drug-likeness (QED) is 0.144. The molecule has 14 nitrogen and oxygen atoms in total. The van der Waals surface area contributed by atoms with Crippen LogP contribution in [-0.4, -0.2) is 69.3 Å². The van der Waals surface area contributed by atoms with Gasteiger partial charge in [0.15, 0.2) is 5.84 Å². The first-order chi connectivity index (χ1) is 12.2. The van der Waals surface area contributed by atoms with Crippen molar-refractivity contribution in [1.29, 1.82) is 0 Å². The van der Waals surface area contributed by atoms with Crippen LogP contribution in [0.2, 0.25) is 0 Å². The molecule has 0 spiro atoms. The number of nitrogens with one attached hydrogen (secondary N) is 1. The van der Waals surface area contributed by atoms with Crippen LogP contribution in [-0.2, 0) is 26.0 Å². The van der Waals surface area contributed by atoms with Gasteiger partial charge in [0.05, 0.1) is 18.4 Å². The second kappa shape index (κ2) is 6.11. The van der Waals surface area contributed by atoms with Crippen molar-refractivity contribution in [1.82, 2.24) is 25.1 Å². The fraction of sp³-hybridized carbons (Fsp3) is 0.455. The van der Waals surface area contributed by atoms with Gasteiger partial charge in [0, 0.05) is 12.6 Å². The Morgan fingerprint density at radius 3 is 2.81 bits per heavy atom. The Morgan fingerprint density at radius 1 is 1.58 bits per heavy atom. The molecule has 2 bridgehead atoms. The van der Waals surface area contributed by atoms with Gasteiger partial charge in [0.1, 0.15) is 18.6 Å². The summed E-state index contributed by atoms with van der Waals surface area (Å²) >= 11 is 0. The average Bonchev–Trinajstić information content (AvgIpc) is 3.05. The van der Waals surface area contributed by atoms with Gasteiger partial charge < -0.3 is 21.2 Å². The number of likely N-dealkylation sites (N-methyl/N-ethyl adjacent to an activating group) is 1. The third kappa shape index (κ3) is 2.80. The molecule has 2 aliphatic rings. The van der Waals surface area contributed by atoms with Gasteiger partial charge in [0.2, 0.25) is 5.91 Å². The third-order valence-electron chi connectivity index (χ3n) is 4.03. The number of nitrogens with zero attached hydrogens (tertiary/aromatic N) is 5. The van der Waals surface area contributed by atoms with E-state index in [1.165, 1.54) is 17.9 Å². The molecule has 5 N–H and O–H groups in total. The second-order valence-electron chi connectivity index (χ2n) is 5.53. The van der Waals surface area contributed by atoms with Gasteiger partial charge in [-0.25, -0.2) is 4.79 Å². The topological polar surface area (TPSA) is 193 Å². The minimum absolute atomic E-state index is 0.0328. The lowest BCUT2D eigenvalue weighted by Crippen LogP contribution is -2.44. The van der Waals surface area contributed by atoms with E-state index in [1.54, 1.807) is 0 Å². The number of nitrogens with two attached hydrogens (primary N) is 1. The number of rotatable bonds is 5. The maximum atomic E-state index is 12.6. The molecular weight excluding hydrogens is 374 g/mol. The Labute approximate surface area is 146 Å². The molecule has 3 rings (SSSR count). The summed E-state index contributed by atoms with van der Waals surface area (Å²) in [6.07, 6.45) is 1.32. The fourth-order valence-electron chi connectivity index (χ4n) is 3.13. The Morgan fingerprint density at radius 2 is 2.27 bits per heavy atom. The average molecular weight is 389 g/mol. The van der Waals surface area contributed by atoms with E-state index in [-0.39, 0.29) is 24.6 Å². The number of carbonyl (C=O) groups excluding carboxylic acids is 2. The number of hydroxylamine groups is 2. The van der Waals surface area contributed by atoms with Crippen molar-refractivity contribution in [2.24, 2.45) is 10.9 Å². The number of fused-ring (bicyclic) bond motifs is 4. The summed E-state index contributed by atoms with van der Waals surface area (Å²) in [5, 5.41) is 19.5. The first-order valence-electron chi connectivity index (χ1n) is 7.18. The Balaban J connectivity index is 2.15. The molecule has 3 amide bonds. The van der Waals surface area contributed by atoms with Crippen LogP contribution in [0.25, 0.3) is 0 Å². The molecule has 2 aliphatic heterocycles. The highest BCUT2D eigenvalue weighted by molar-refractivity contribution is 7.80. The number of primary amides is 1. The smallest absolute Gasteiger partial charge is 0.409 e. The van der Waals surface area contributed by atoms with E-state index in [4.69, 9.17) is 10.3 Å². The molecule has 0 unspecified atom stereocenters. The minimum atomic E-state index is -4.96. The number of hydrogen-bond acceptors (Lipinski definition) is 8. The summed E-state index contributed by atoms with van der Waals surface area (Å²) in [6, 6.07) is -2.83. The zero-order valence-electron chi connectivity index (χ0n) is 13.3. The van der Waals surface area contributed by atoms with Gasteiger partial charge >= 0.3 is 16.4 Å². The molecule has 26 heavy (non-hydrogen) atoms. The largest absolute Gasteiger partial charge is 0.418 e. The summed E-state index contributed by atoms with van der Waals surface area (Å²) in [5.41, 5.74) is 5.84. The lowest BCUT2D eigenvalue weighted by atomic mass is 9.97. The molecule has 142 valence electrons. The number of urea groups is 1. The maximum Gasteiger partial charge on any atom is 0.418 e. The lowest BCUT2D eigenvalue weighted by Gasteiger charge is -2.31. The summed E-state index contributed by atoms with van der Waals surface area (Å²) in [4.78, 5) is 25.0. The zero-order valence-corrected chi connectivity index (χ0v) is 14.1. The molecule has 15 heteroatoms. The van der Waals surface area contributed by atoms with Crippen LogP contribution in [0, 0.1) is 0 Å². The summed E-state index contributed by atoms with van der Waals surface area (Å²) in [5.74, 6) is -0.759. The van der Waals surface area contributed by atoms with Gasteiger partial charge in [-0.15, -0.1) is 4.28 Å². The van der Waals surface area contributed by atoms with Gasteiger partial charge in [-0.1, -0.05) is 5.16 Å². The van der Waals surface area contributed by atoms with Crippen molar-refractivity contribution >= 4 is 28.2 Å². The number of oxime groups is 1. The van der Waals surface area contributed by atoms with Gasteiger partial charge in [0.25, 0.3) is 0 Å². The number of amidine groups is 1. The lowest BCUT2D eigenvalue weighted by molar-refractivity contribution is -0.118.